The number of fused-ring (bicyclic) bond motifs is 1. The molecule has 0 amide bonds. The van der Waals surface area contributed by atoms with Crippen molar-refractivity contribution in [2.24, 2.45) is 0 Å². The highest BCUT2D eigenvalue weighted by molar-refractivity contribution is 7.92. The van der Waals surface area contributed by atoms with Crippen molar-refractivity contribution in [1.29, 1.82) is 0 Å². The summed E-state index contributed by atoms with van der Waals surface area (Å²) >= 11 is 24.5. The first-order chi connectivity index (χ1) is 14.7. The molecule has 0 aliphatic rings. The maximum absolute atomic E-state index is 12.7. The summed E-state index contributed by atoms with van der Waals surface area (Å²) in [6, 6.07) is 20.3. The molecule has 4 nitrogen and oxygen atoms in total. The predicted octanol–water partition coefficient (Wildman–Crippen LogP) is 8.05. The molecule has 0 aromatic heterocycles. The van der Waals surface area contributed by atoms with Gasteiger partial charge in [0.25, 0.3) is 10.0 Å². The SMILES string of the molecule is O=S(=O)(Nc1cc(Cl)c(Oc2ccc3ccccc3c2)c(Cl)c1)c1cc(Cl)cc(Cl)c1. The first kappa shape index (κ1) is 22.1. The van der Waals surface area contributed by atoms with Gasteiger partial charge in [0.05, 0.1) is 20.6 Å². The third-order valence-corrected chi connectivity index (χ3v) is 6.70. The third kappa shape index (κ3) is 5.03. The number of anilines is 1. The second-order valence-electron chi connectivity index (χ2n) is 6.59. The molecule has 0 bridgehead atoms. The summed E-state index contributed by atoms with van der Waals surface area (Å²) in [4.78, 5) is -0.0891. The fourth-order valence-corrected chi connectivity index (χ4v) is 5.29. The van der Waals surface area contributed by atoms with E-state index < -0.39 is 10.0 Å². The first-order valence-electron chi connectivity index (χ1n) is 8.86. The average Bonchev–Trinajstić information content (AvgIpc) is 2.69. The maximum atomic E-state index is 12.7. The minimum Gasteiger partial charge on any atom is -0.454 e. The van der Waals surface area contributed by atoms with Crippen molar-refractivity contribution in [2.75, 3.05) is 4.72 Å². The Morgan fingerprint density at radius 3 is 1.97 bits per heavy atom. The van der Waals surface area contributed by atoms with E-state index >= 15 is 0 Å². The summed E-state index contributed by atoms with van der Waals surface area (Å²) in [5.74, 6) is 0.761. The second-order valence-corrected chi connectivity index (χ2v) is 9.96. The van der Waals surface area contributed by atoms with E-state index in [1.165, 1.54) is 30.3 Å². The summed E-state index contributed by atoms with van der Waals surface area (Å²) in [6.07, 6.45) is 0. The molecular formula is C22H13Cl4NO3S. The molecule has 9 heteroatoms. The number of benzene rings is 4. The Labute approximate surface area is 199 Å². The Kier molecular flexibility index (Phi) is 6.24. The quantitative estimate of drug-likeness (QED) is 0.294. The number of sulfonamides is 1. The average molecular weight is 513 g/mol. The third-order valence-electron chi connectivity index (χ3n) is 4.34. The molecule has 0 fully saturated rings. The molecule has 0 unspecified atom stereocenters. The van der Waals surface area contributed by atoms with Crippen LogP contribution >= 0.6 is 46.4 Å². The molecule has 0 radical (unpaired) electrons. The fraction of sp³-hybridized carbons (Fsp3) is 0. The topological polar surface area (TPSA) is 55.4 Å². The van der Waals surface area contributed by atoms with Gasteiger partial charge in [0.2, 0.25) is 0 Å². The maximum Gasteiger partial charge on any atom is 0.261 e. The van der Waals surface area contributed by atoms with Gasteiger partial charge < -0.3 is 4.74 Å². The van der Waals surface area contributed by atoms with Crippen LogP contribution in [-0.4, -0.2) is 8.42 Å². The Morgan fingerprint density at radius 2 is 1.32 bits per heavy atom. The number of nitrogens with one attached hydrogen (secondary N) is 1. The van der Waals surface area contributed by atoms with Gasteiger partial charge in [-0.15, -0.1) is 0 Å². The molecule has 0 atom stereocenters. The normalized spacial score (nSPS) is 11.5. The van der Waals surface area contributed by atoms with E-state index in [1.54, 1.807) is 6.07 Å². The molecule has 0 aliphatic heterocycles. The minimum atomic E-state index is -3.96. The van der Waals surface area contributed by atoms with E-state index in [1.807, 2.05) is 36.4 Å². The van der Waals surface area contributed by atoms with Gasteiger partial charge in [0.1, 0.15) is 5.75 Å². The Hall–Kier alpha value is -2.15. The summed E-state index contributed by atoms with van der Waals surface area (Å²) in [7, 11) is -3.96. The van der Waals surface area contributed by atoms with Gasteiger partial charge in [0, 0.05) is 10.0 Å². The van der Waals surface area contributed by atoms with Crippen molar-refractivity contribution >= 4 is 72.9 Å². The predicted molar refractivity (Wildman–Crippen MR) is 128 cm³/mol. The lowest BCUT2D eigenvalue weighted by Crippen LogP contribution is -2.13. The molecule has 0 heterocycles. The number of hydrogen-bond acceptors (Lipinski definition) is 3. The van der Waals surface area contributed by atoms with E-state index in [4.69, 9.17) is 51.1 Å². The molecule has 0 saturated carbocycles. The zero-order valence-electron chi connectivity index (χ0n) is 15.6. The van der Waals surface area contributed by atoms with Gasteiger partial charge in [0.15, 0.2) is 5.75 Å². The molecule has 0 aliphatic carbocycles. The van der Waals surface area contributed by atoms with Gasteiger partial charge in [-0.3, -0.25) is 4.72 Å². The van der Waals surface area contributed by atoms with Crippen molar-refractivity contribution in [3.63, 3.8) is 0 Å². The summed E-state index contributed by atoms with van der Waals surface area (Å²) < 4.78 is 33.7. The summed E-state index contributed by atoms with van der Waals surface area (Å²) in [5, 5.41) is 2.74. The van der Waals surface area contributed by atoms with Crippen LogP contribution in [0, 0.1) is 0 Å². The van der Waals surface area contributed by atoms with Gasteiger partial charge in [-0.1, -0.05) is 76.7 Å². The smallest absolute Gasteiger partial charge is 0.261 e. The molecular weight excluding hydrogens is 500 g/mol. The molecule has 158 valence electrons. The fourth-order valence-electron chi connectivity index (χ4n) is 2.96. The van der Waals surface area contributed by atoms with Crippen LogP contribution in [0.2, 0.25) is 20.1 Å². The Bertz CT molecular complexity index is 1360. The van der Waals surface area contributed by atoms with Crippen LogP contribution in [0.5, 0.6) is 11.5 Å². The van der Waals surface area contributed by atoms with Crippen molar-refractivity contribution in [2.45, 2.75) is 4.90 Å². The van der Waals surface area contributed by atoms with E-state index in [9.17, 15) is 8.42 Å². The highest BCUT2D eigenvalue weighted by Crippen LogP contribution is 2.40. The monoisotopic (exact) mass is 511 g/mol. The van der Waals surface area contributed by atoms with Crippen LogP contribution in [0.25, 0.3) is 10.8 Å². The van der Waals surface area contributed by atoms with Crippen LogP contribution in [0.1, 0.15) is 0 Å². The zero-order chi connectivity index (χ0) is 22.2. The van der Waals surface area contributed by atoms with Crippen molar-refractivity contribution in [1.82, 2.24) is 0 Å². The molecule has 4 aromatic carbocycles. The number of rotatable bonds is 5. The molecule has 4 rings (SSSR count). The zero-order valence-corrected chi connectivity index (χ0v) is 19.4. The molecule has 0 spiro atoms. The largest absolute Gasteiger partial charge is 0.454 e. The molecule has 31 heavy (non-hydrogen) atoms. The highest BCUT2D eigenvalue weighted by Gasteiger charge is 2.18. The van der Waals surface area contributed by atoms with Crippen LogP contribution in [0.4, 0.5) is 5.69 Å². The van der Waals surface area contributed by atoms with E-state index in [2.05, 4.69) is 4.72 Å². The first-order valence-corrected chi connectivity index (χ1v) is 11.9. The second kappa shape index (κ2) is 8.77. The standard InChI is InChI=1S/C22H13Cl4NO3S/c23-15-8-16(24)10-19(9-15)31(28,29)27-17-11-20(25)22(21(26)12-17)30-18-6-5-13-3-1-2-4-14(13)7-18/h1-12,27H. The van der Waals surface area contributed by atoms with Crippen LogP contribution < -0.4 is 9.46 Å². The van der Waals surface area contributed by atoms with Crippen LogP contribution in [0.15, 0.2) is 77.7 Å². The number of ether oxygens (including phenoxy) is 1. The lowest BCUT2D eigenvalue weighted by molar-refractivity contribution is 0.484. The van der Waals surface area contributed by atoms with Gasteiger partial charge in [-0.05, 0) is 53.2 Å². The van der Waals surface area contributed by atoms with Gasteiger partial charge in [-0.2, -0.15) is 0 Å². The highest BCUT2D eigenvalue weighted by atomic mass is 35.5. The van der Waals surface area contributed by atoms with Crippen LogP contribution in [0.3, 0.4) is 0 Å². The van der Waals surface area contributed by atoms with Crippen molar-refractivity contribution in [3.05, 3.63) is 92.9 Å². The molecule has 0 saturated heterocycles. The summed E-state index contributed by atoms with van der Waals surface area (Å²) in [5.41, 5.74) is 0.164. The van der Waals surface area contributed by atoms with Crippen molar-refractivity contribution < 1.29 is 13.2 Å². The lowest BCUT2D eigenvalue weighted by Gasteiger charge is -2.14. The van der Waals surface area contributed by atoms with Gasteiger partial charge >= 0.3 is 0 Å². The number of hydrogen-bond donors (Lipinski definition) is 1. The van der Waals surface area contributed by atoms with E-state index in [-0.39, 0.29) is 36.4 Å². The Balaban J connectivity index is 1.62. The molecule has 4 aromatic rings. The van der Waals surface area contributed by atoms with Crippen molar-refractivity contribution in [3.8, 4) is 11.5 Å². The summed E-state index contributed by atoms with van der Waals surface area (Å²) in [6.45, 7) is 0. The van der Waals surface area contributed by atoms with Gasteiger partial charge in [-0.25, -0.2) is 8.42 Å². The van der Waals surface area contributed by atoms with E-state index in [0.29, 0.717) is 5.75 Å². The Morgan fingerprint density at radius 1 is 0.710 bits per heavy atom. The van der Waals surface area contributed by atoms with E-state index in [0.717, 1.165) is 10.8 Å². The molecule has 1 N–H and O–H groups in total. The lowest BCUT2D eigenvalue weighted by atomic mass is 10.1. The minimum absolute atomic E-state index is 0.0891. The van der Waals surface area contributed by atoms with Crippen LogP contribution in [-0.2, 0) is 10.0 Å². The number of halogens is 4.